The van der Waals surface area contributed by atoms with Gasteiger partial charge < -0.3 is 21.3 Å². The smallest absolute Gasteiger partial charge is 0.0818 e. The van der Waals surface area contributed by atoms with Gasteiger partial charge in [-0.25, -0.2) is 0 Å². The summed E-state index contributed by atoms with van der Waals surface area (Å²) in [6, 6.07) is 8.15. The lowest BCUT2D eigenvalue weighted by Crippen LogP contribution is -2.53. The summed E-state index contributed by atoms with van der Waals surface area (Å²) in [6.45, 7) is 4.34. The van der Waals surface area contributed by atoms with Crippen LogP contribution in [0.4, 0.5) is 5.69 Å². The summed E-state index contributed by atoms with van der Waals surface area (Å²) in [5.74, 6) is 0. The number of rotatable bonds is 2. The minimum atomic E-state index is -0.664. The Morgan fingerprint density at radius 2 is 1.81 bits per heavy atom. The Labute approximate surface area is 125 Å². The maximum Gasteiger partial charge on any atom is 0.0818 e. The maximum absolute atomic E-state index is 6.45. The number of nitrogens with zero attached hydrogens (tertiary/aromatic N) is 3. The summed E-state index contributed by atoms with van der Waals surface area (Å²) in [5, 5.41) is 0. The topological polar surface area (TPSA) is 70.9 Å². The summed E-state index contributed by atoms with van der Waals surface area (Å²) in [6.07, 6.45) is 5.30. The zero-order valence-corrected chi connectivity index (χ0v) is 12.4. The molecule has 2 heterocycles. The van der Waals surface area contributed by atoms with Crippen LogP contribution in [0.15, 0.2) is 41.5 Å². The zero-order valence-electron chi connectivity index (χ0n) is 12.4. The molecule has 0 amide bonds. The van der Waals surface area contributed by atoms with Crippen molar-refractivity contribution < 1.29 is 0 Å². The molecule has 1 saturated heterocycles. The van der Waals surface area contributed by atoms with Gasteiger partial charge in [0, 0.05) is 44.3 Å². The lowest BCUT2D eigenvalue weighted by Gasteiger charge is -2.35. The van der Waals surface area contributed by atoms with Gasteiger partial charge in [0.05, 0.1) is 11.6 Å². The molecule has 1 fully saturated rings. The van der Waals surface area contributed by atoms with Crippen LogP contribution < -0.4 is 16.4 Å². The zero-order chi connectivity index (χ0) is 14.9. The number of benzene rings is 1. The fourth-order valence-corrected chi connectivity index (χ4v) is 2.86. The van der Waals surface area contributed by atoms with Gasteiger partial charge in [0.2, 0.25) is 0 Å². The first kappa shape index (κ1) is 14.3. The number of anilines is 1. The second-order valence-electron chi connectivity index (χ2n) is 5.91. The minimum absolute atomic E-state index is 0.294. The molecule has 4 N–H and O–H groups in total. The van der Waals surface area contributed by atoms with Crippen molar-refractivity contribution in [2.45, 2.75) is 11.6 Å². The van der Waals surface area contributed by atoms with E-state index >= 15 is 0 Å². The van der Waals surface area contributed by atoms with E-state index in [1.165, 1.54) is 5.69 Å². The van der Waals surface area contributed by atoms with E-state index in [2.05, 4.69) is 46.1 Å². The average Bonchev–Trinajstić information content (AvgIpc) is 2.51. The summed E-state index contributed by atoms with van der Waals surface area (Å²) >= 11 is 0. The highest BCUT2D eigenvalue weighted by Crippen LogP contribution is 2.27. The molecule has 0 radical (unpaired) electrons. The lowest BCUT2D eigenvalue weighted by molar-refractivity contribution is 0.313. The third-order valence-corrected chi connectivity index (χ3v) is 4.47. The van der Waals surface area contributed by atoms with Gasteiger partial charge in [-0.2, -0.15) is 0 Å². The first-order chi connectivity index (χ1) is 10.1. The molecule has 0 aliphatic carbocycles. The minimum Gasteiger partial charge on any atom is -0.369 e. The molecule has 3 rings (SSSR count). The van der Waals surface area contributed by atoms with Gasteiger partial charge in [0.25, 0.3) is 0 Å². The van der Waals surface area contributed by atoms with E-state index < -0.39 is 5.54 Å². The maximum atomic E-state index is 6.45. The highest BCUT2D eigenvalue weighted by molar-refractivity contribution is 5.71. The molecule has 0 bridgehead atoms. The van der Waals surface area contributed by atoms with E-state index in [-0.39, 0.29) is 6.04 Å². The molecule has 0 aromatic heterocycles. The van der Waals surface area contributed by atoms with Gasteiger partial charge in [-0.1, -0.05) is 12.1 Å². The number of nitrogens with two attached hydrogens (primary N) is 2. The molecular weight excluding hydrogens is 262 g/mol. The Balaban J connectivity index is 1.78. The van der Waals surface area contributed by atoms with Crippen LogP contribution in [-0.2, 0) is 5.54 Å². The first-order valence-corrected chi connectivity index (χ1v) is 7.39. The Hall–Kier alpha value is -1.69. The van der Waals surface area contributed by atoms with E-state index in [1.54, 1.807) is 12.4 Å². The van der Waals surface area contributed by atoms with Crippen molar-refractivity contribution in [3.05, 3.63) is 42.1 Å². The first-order valence-electron chi connectivity index (χ1n) is 7.39. The molecule has 2 unspecified atom stereocenters. The molecule has 0 spiro atoms. The van der Waals surface area contributed by atoms with Gasteiger partial charge in [0.1, 0.15) is 0 Å². The highest BCUT2D eigenvalue weighted by Gasteiger charge is 2.32. The Kier molecular flexibility index (Phi) is 3.80. The lowest BCUT2D eigenvalue weighted by atomic mass is 9.83. The van der Waals surface area contributed by atoms with E-state index in [0.29, 0.717) is 0 Å². The monoisotopic (exact) mass is 285 g/mol. The van der Waals surface area contributed by atoms with Crippen molar-refractivity contribution in [3.63, 3.8) is 0 Å². The molecule has 5 heteroatoms. The summed E-state index contributed by atoms with van der Waals surface area (Å²) in [7, 11) is 2.16. The van der Waals surface area contributed by atoms with E-state index in [4.69, 9.17) is 11.5 Å². The molecule has 112 valence electrons. The molecule has 2 aliphatic rings. The standard InChI is InChI=1S/C16H23N5/c1-20-8-10-21(11-9-20)14-4-2-13(3-5-14)16(18)6-7-19-12-15(16)17/h2-7,12,15H,8-11,17-18H2,1H3. The summed E-state index contributed by atoms with van der Waals surface area (Å²) < 4.78 is 0. The predicted molar refractivity (Wildman–Crippen MR) is 87.6 cm³/mol. The molecule has 1 aromatic rings. The van der Waals surface area contributed by atoms with E-state index in [1.807, 2.05) is 6.08 Å². The highest BCUT2D eigenvalue weighted by atomic mass is 15.2. The fourth-order valence-electron chi connectivity index (χ4n) is 2.86. The van der Waals surface area contributed by atoms with Gasteiger partial charge >= 0.3 is 0 Å². The Morgan fingerprint density at radius 3 is 2.43 bits per heavy atom. The van der Waals surface area contributed by atoms with Gasteiger partial charge in [0.15, 0.2) is 0 Å². The molecule has 2 aliphatic heterocycles. The van der Waals surface area contributed by atoms with Crippen LogP contribution in [0.25, 0.3) is 0 Å². The third-order valence-electron chi connectivity index (χ3n) is 4.47. The average molecular weight is 285 g/mol. The van der Waals surface area contributed by atoms with Crippen LogP contribution in [0, 0.1) is 0 Å². The summed E-state index contributed by atoms with van der Waals surface area (Å²) in [5.41, 5.74) is 14.2. The van der Waals surface area contributed by atoms with E-state index in [0.717, 1.165) is 31.7 Å². The molecule has 0 saturated carbocycles. The number of hydrogen-bond acceptors (Lipinski definition) is 5. The number of hydrogen-bond donors (Lipinski definition) is 2. The molecule has 1 aromatic carbocycles. The fraction of sp³-hybridized carbons (Fsp3) is 0.438. The number of piperazine rings is 1. The van der Waals surface area contributed by atoms with Crippen LogP contribution in [0.1, 0.15) is 5.56 Å². The summed E-state index contributed by atoms with van der Waals surface area (Å²) in [4.78, 5) is 8.81. The second-order valence-corrected chi connectivity index (χ2v) is 5.91. The van der Waals surface area contributed by atoms with Gasteiger partial charge in [-0.15, -0.1) is 0 Å². The van der Waals surface area contributed by atoms with Crippen molar-refractivity contribution in [1.29, 1.82) is 0 Å². The van der Waals surface area contributed by atoms with Crippen molar-refractivity contribution in [1.82, 2.24) is 4.90 Å². The normalized spacial score (nSPS) is 29.9. The molecule has 5 nitrogen and oxygen atoms in total. The van der Waals surface area contributed by atoms with Crippen molar-refractivity contribution in [2.75, 3.05) is 38.1 Å². The van der Waals surface area contributed by atoms with Crippen LogP contribution in [-0.4, -0.2) is 50.4 Å². The number of aliphatic imine (C=N–C) groups is 1. The SMILES string of the molecule is CN1CCN(c2ccc(C3(N)C=CN=CC3N)cc2)CC1. The van der Waals surface area contributed by atoms with Crippen LogP contribution in [0.5, 0.6) is 0 Å². The Bertz CT molecular complexity index is 542. The van der Waals surface area contributed by atoms with Crippen molar-refractivity contribution >= 4 is 11.9 Å². The molecule has 2 atom stereocenters. The van der Waals surface area contributed by atoms with Crippen molar-refractivity contribution in [2.24, 2.45) is 16.5 Å². The quantitative estimate of drug-likeness (QED) is 0.831. The van der Waals surface area contributed by atoms with Crippen LogP contribution in [0.2, 0.25) is 0 Å². The van der Waals surface area contributed by atoms with Gasteiger partial charge in [-0.05, 0) is 30.8 Å². The van der Waals surface area contributed by atoms with Gasteiger partial charge in [-0.3, -0.25) is 4.99 Å². The number of likely N-dealkylation sites (N-methyl/N-ethyl adjacent to an activating group) is 1. The van der Waals surface area contributed by atoms with Crippen molar-refractivity contribution in [3.8, 4) is 0 Å². The largest absolute Gasteiger partial charge is 0.369 e. The third kappa shape index (κ3) is 2.72. The molecular formula is C16H23N5. The van der Waals surface area contributed by atoms with Crippen LogP contribution >= 0.6 is 0 Å². The predicted octanol–water partition coefficient (Wildman–Crippen LogP) is 0.518. The van der Waals surface area contributed by atoms with E-state index in [9.17, 15) is 0 Å². The molecule has 21 heavy (non-hydrogen) atoms. The van der Waals surface area contributed by atoms with Crippen LogP contribution in [0.3, 0.4) is 0 Å². The Morgan fingerprint density at radius 1 is 1.14 bits per heavy atom. The second kappa shape index (κ2) is 5.60.